The fourth-order valence-corrected chi connectivity index (χ4v) is 3.26. The lowest BCUT2D eigenvalue weighted by atomic mass is 10.1. The number of aromatic hydroxyl groups is 1. The van der Waals surface area contributed by atoms with Crippen molar-refractivity contribution in [2.45, 2.75) is 13.3 Å². The topological polar surface area (TPSA) is 92.1 Å². The van der Waals surface area contributed by atoms with Crippen molar-refractivity contribution in [3.63, 3.8) is 0 Å². The molecular formula is C24H23N5O2. The minimum atomic E-state index is -0.158. The molecule has 0 saturated carbocycles. The third kappa shape index (κ3) is 4.90. The van der Waals surface area contributed by atoms with Crippen LogP contribution < -0.4 is 10.6 Å². The highest BCUT2D eigenvalue weighted by molar-refractivity contribution is 5.94. The number of carbonyl (C=O) groups is 1. The lowest BCUT2D eigenvalue weighted by Gasteiger charge is -2.11. The summed E-state index contributed by atoms with van der Waals surface area (Å²) in [6.07, 6.45) is 9.45. The fraction of sp³-hybridized carbons (Fsp3) is 0.125. The molecule has 0 spiro atoms. The molecule has 0 unspecified atom stereocenters. The van der Waals surface area contributed by atoms with E-state index in [-0.39, 0.29) is 11.7 Å². The molecule has 7 nitrogen and oxygen atoms in total. The number of aromatic nitrogens is 3. The molecule has 7 heteroatoms. The average molecular weight is 413 g/mol. The van der Waals surface area contributed by atoms with Gasteiger partial charge in [-0.15, -0.1) is 0 Å². The van der Waals surface area contributed by atoms with Gasteiger partial charge in [0.05, 0.1) is 23.1 Å². The Labute approximate surface area is 180 Å². The van der Waals surface area contributed by atoms with Crippen molar-refractivity contribution in [1.82, 2.24) is 19.9 Å². The van der Waals surface area contributed by atoms with Crippen LogP contribution in [-0.4, -0.2) is 32.1 Å². The van der Waals surface area contributed by atoms with Crippen molar-refractivity contribution in [1.29, 1.82) is 0 Å². The molecule has 31 heavy (non-hydrogen) atoms. The van der Waals surface area contributed by atoms with E-state index in [0.29, 0.717) is 24.3 Å². The van der Waals surface area contributed by atoms with Gasteiger partial charge < -0.3 is 20.3 Å². The van der Waals surface area contributed by atoms with Crippen molar-refractivity contribution in [3.8, 4) is 11.4 Å². The van der Waals surface area contributed by atoms with E-state index < -0.39 is 0 Å². The molecular weight excluding hydrogens is 390 g/mol. The summed E-state index contributed by atoms with van der Waals surface area (Å²) in [7, 11) is 0. The van der Waals surface area contributed by atoms with E-state index in [2.05, 4.69) is 20.6 Å². The second-order valence-electron chi connectivity index (χ2n) is 7.16. The molecule has 3 aromatic heterocycles. The van der Waals surface area contributed by atoms with Gasteiger partial charge in [0, 0.05) is 37.4 Å². The van der Waals surface area contributed by atoms with Gasteiger partial charge in [0.25, 0.3) is 5.91 Å². The predicted molar refractivity (Wildman–Crippen MR) is 120 cm³/mol. The number of phenolic OH excluding ortho intramolecular Hbond substituents is 1. The number of aryl methyl sites for hydroxylation is 1. The van der Waals surface area contributed by atoms with Crippen LogP contribution in [-0.2, 0) is 6.42 Å². The molecule has 4 rings (SSSR count). The van der Waals surface area contributed by atoms with Crippen LogP contribution in [0.25, 0.3) is 5.69 Å². The van der Waals surface area contributed by atoms with Crippen molar-refractivity contribution in [3.05, 3.63) is 96.2 Å². The van der Waals surface area contributed by atoms with Crippen LogP contribution in [0.5, 0.6) is 5.75 Å². The maximum absolute atomic E-state index is 12.5. The Morgan fingerprint density at radius 3 is 2.81 bits per heavy atom. The number of anilines is 2. The SMILES string of the molecule is Cc1cnc(Nc2cccnc2)cc1-n1ccc(C(=O)NCCc2ccccc2O)c1. The standard InChI is InChI=1S/C24H23N5O2/c1-17-14-27-23(28-20-6-4-10-25-15-20)13-21(17)29-12-9-19(16-29)24(31)26-11-8-18-5-2-3-7-22(18)30/h2-7,9-10,12-16,30H,8,11H2,1H3,(H,26,31)(H,27,28). The first kappa shape index (κ1) is 20.2. The summed E-state index contributed by atoms with van der Waals surface area (Å²) in [6.45, 7) is 2.41. The first-order valence-corrected chi connectivity index (χ1v) is 9.97. The highest BCUT2D eigenvalue weighted by atomic mass is 16.3. The molecule has 0 aliphatic heterocycles. The molecule has 3 heterocycles. The summed E-state index contributed by atoms with van der Waals surface area (Å²) in [5.41, 5.74) is 4.13. The molecule has 0 saturated heterocycles. The second-order valence-corrected chi connectivity index (χ2v) is 7.16. The number of carbonyl (C=O) groups excluding carboxylic acids is 1. The minimum Gasteiger partial charge on any atom is -0.508 e. The Bertz CT molecular complexity index is 1190. The van der Waals surface area contributed by atoms with E-state index >= 15 is 0 Å². The first-order valence-electron chi connectivity index (χ1n) is 9.97. The maximum Gasteiger partial charge on any atom is 0.252 e. The summed E-state index contributed by atoms with van der Waals surface area (Å²) in [4.78, 5) is 21.1. The number of rotatable bonds is 7. The summed E-state index contributed by atoms with van der Waals surface area (Å²) >= 11 is 0. The van der Waals surface area contributed by atoms with E-state index in [4.69, 9.17) is 0 Å². The van der Waals surface area contributed by atoms with Gasteiger partial charge in [0.15, 0.2) is 0 Å². The summed E-state index contributed by atoms with van der Waals surface area (Å²) in [5.74, 6) is 0.775. The number of hydrogen-bond acceptors (Lipinski definition) is 5. The molecule has 4 aromatic rings. The van der Waals surface area contributed by atoms with Crippen LogP contribution in [0.2, 0.25) is 0 Å². The largest absolute Gasteiger partial charge is 0.508 e. The normalized spacial score (nSPS) is 10.6. The third-order valence-corrected chi connectivity index (χ3v) is 4.91. The molecule has 0 aliphatic carbocycles. The van der Waals surface area contributed by atoms with Crippen molar-refractivity contribution < 1.29 is 9.90 Å². The molecule has 0 fully saturated rings. The van der Waals surface area contributed by atoms with E-state index in [9.17, 15) is 9.90 Å². The van der Waals surface area contributed by atoms with Crippen molar-refractivity contribution >= 4 is 17.4 Å². The van der Waals surface area contributed by atoms with Gasteiger partial charge in [-0.3, -0.25) is 9.78 Å². The fourth-order valence-electron chi connectivity index (χ4n) is 3.26. The number of hydrogen-bond donors (Lipinski definition) is 3. The number of para-hydroxylation sites is 1. The molecule has 156 valence electrons. The zero-order valence-electron chi connectivity index (χ0n) is 17.1. The lowest BCUT2D eigenvalue weighted by Crippen LogP contribution is -2.25. The van der Waals surface area contributed by atoms with E-state index in [1.807, 2.05) is 48.0 Å². The van der Waals surface area contributed by atoms with Crippen LogP contribution >= 0.6 is 0 Å². The van der Waals surface area contributed by atoms with Crippen molar-refractivity contribution in [2.24, 2.45) is 0 Å². The second kappa shape index (κ2) is 9.13. The smallest absolute Gasteiger partial charge is 0.252 e. The number of nitrogens with one attached hydrogen (secondary N) is 2. The van der Waals surface area contributed by atoms with Crippen molar-refractivity contribution in [2.75, 3.05) is 11.9 Å². The molecule has 0 radical (unpaired) electrons. The minimum absolute atomic E-state index is 0.158. The molecule has 0 atom stereocenters. The Morgan fingerprint density at radius 1 is 1.13 bits per heavy atom. The molecule has 1 aromatic carbocycles. The van der Waals surface area contributed by atoms with Crippen LogP contribution in [0.15, 0.2) is 79.5 Å². The average Bonchev–Trinajstić information content (AvgIpc) is 3.27. The predicted octanol–water partition coefficient (Wildman–Crippen LogP) is 4.00. The van der Waals surface area contributed by atoms with Gasteiger partial charge in [-0.2, -0.15) is 0 Å². The van der Waals surface area contributed by atoms with Gasteiger partial charge in [0.1, 0.15) is 11.6 Å². The Hall–Kier alpha value is -4.13. The van der Waals surface area contributed by atoms with Gasteiger partial charge in [0.2, 0.25) is 0 Å². The highest BCUT2D eigenvalue weighted by Gasteiger charge is 2.11. The van der Waals surface area contributed by atoms with Crippen LogP contribution in [0.1, 0.15) is 21.5 Å². The van der Waals surface area contributed by atoms with Gasteiger partial charge >= 0.3 is 0 Å². The molecule has 3 N–H and O–H groups in total. The monoisotopic (exact) mass is 413 g/mol. The number of benzene rings is 1. The molecule has 1 amide bonds. The van der Waals surface area contributed by atoms with Gasteiger partial charge in [-0.25, -0.2) is 4.98 Å². The Morgan fingerprint density at radius 2 is 2.00 bits per heavy atom. The lowest BCUT2D eigenvalue weighted by molar-refractivity contribution is 0.0954. The first-order chi connectivity index (χ1) is 15.1. The van der Waals surface area contributed by atoms with Gasteiger partial charge in [-0.1, -0.05) is 18.2 Å². The Balaban J connectivity index is 1.43. The van der Waals surface area contributed by atoms with E-state index in [1.54, 1.807) is 43.0 Å². The Kier molecular flexibility index (Phi) is 5.93. The third-order valence-electron chi connectivity index (χ3n) is 4.91. The van der Waals surface area contributed by atoms with E-state index in [0.717, 1.165) is 22.5 Å². The summed E-state index contributed by atoms with van der Waals surface area (Å²) < 4.78 is 1.91. The summed E-state index contributed by atoms with van der Waals surface area (Å²) in [6, 6.07) is 14.6. The van der Waals surface area contributed by atoms with Gasteiger partial charge in [-0.05, 0) is 48.7 Å². The summed E-state index contributed by atoms with van der Waals surface area (Å²) in [5, 5.41) is 16.0. The number of pyridine rings is 2. The zero-order valence-corrected chi connectivity index (χ0v) is 17.1. The van der Waals surface area contributed by atoms with Crippen LogP contribution in [0, 0.1) is 6.92 Å². The number of amides is 1. The molecule has 0 bridgehead atoms. The van der Waals surface area contributed by atoms with E-state index in [1.165, 1.54) is 0 Å². The number of nitrogens with zero attached hydrogens (tertiary/aromatic N) is 3. The zero-order chi connectivity index (χ0) is 21.6. The van der Waals surface area contributed by atoms with Crippen LogP contribution in [0.4, 0.5) is 11.5 Å². The maximum atomic E-state index is 12.5. The number of phenols is 1. The molecule has 0 aliphatic rings. The highest BCUT2D eigenvalue weighted by Crippen LogP contribution is 2.21. The van der Waals surface area contributed by atoms with Crippen LogP contribution in [0.3, 0.4) is 0 Å². The quantitative estimate of drug-likeness (QED) is 0.426.